The van der Waals surface area contributed by atoms with Crippen LogP contribution in [-0.4, -0.2) is 28.6 Å². The molecule has 32 heavy (non-hydrogen) atoms. The van der Waals surface area contributed by atoms with Crippen molar-refractivity contribution in [2.75, 3.05) is 19.2 Å². The van der Waals surface area contributed by atoms with E-state index < -0.39 is 20.8 Å². The van der Waals surface area contributed by atoms with Gasteiger partial charge in [0.15, 0.2) is 5.03 Å². The van der Waals surface area contributed by atoms with Crippen molar-refractivity contribution < 1.29 is 22.7 Å². The van der Waals surface area contributed by atoms with Gasteiger partial charge in [-0.2, -0.15) is 0 Å². The van der Waals surface area contributed by atoms with Crippen molar-refractivity contribution in [1.82, 2.24) is 0 Å². The molecule has 0 saturated carbocycles. The number of allylic oxidation sites excluding steroid dienone is 1. The van der Waals surface area contributed by atoms with Crippen LogP contribution in [0.15, 0.2) is 52.0 Å². The largest absolute Gasteiger partial charge is 0.494 e. The minimum atomic E-state index is -4.02. The summed E-state index contributed by atoms with van der Waals surface area (Å²) in [6.45, 7) is 7.56. The van der Waals surface area contributed by atoms with Gasteiger partial charge in [0.1, 0.15) is 11.4 Å². The van der Waals surface area contributed by atoms with Gasteiger partial charge in [-0.3, -0.25) is 5.01 Å². The Morgan fingerprint density at radius 1 is 1.09 bits per heavy atom. The third-order valence-electron chi connectivity index (χ3n) is 4.97. The van der Waals surface area contributed by atoms with Crippen molar-refractivity contribution in [3.8, 4) is 5.75 Å². The van der Waals surface area contributed by atoms with E-state index in [0.717, 1.165) is 10.6 Å². The zero-order chi connectivity index (χ0) is 24.4. The van der Waals surface area contributed by atoms with Crippen LogP contribution in [0, 0.1) is 0 Å². The molecular formula is C22H28ClN3O5S. The normalized spacial score (nSPS) is 12.8. The molecule has 2 aromatic rings. The molecule has 0 atom stereocenters. The molecule has 0 aromatic heterocycles. The Balaban J connectivity index is 2.52. The summed E-state index contributed by atoms with van der Waals surface area (Å²) in [6.07, 6.45) is 0. The number of rotatable bonds is 6. The molecule has 0 fully saturated rings. The lowest BCUT2D eigenvalue weighted by atomic mass is 9.87. The van der Waals surface area contributed by atoms with Gasteiger partial charge < -0.3 is 15.2 Å². The molecule has 0 heterocycles. The maximum absolute atomic E-state index is 13.1. The third-order valence-corrected chi connectivity index (χ3v) is 7.05. The van der Waals surface area contributed by atoms with E-state index in [1.165, 1.54) is 45.4 Å². The van der Waals surface area contributed by atoms with Crippen LogP contribution in [0.2, 0.25) is 5.02 Å². The van der Waals surface area contributed by atoms with Crippen LogP contribution in [0.4, 0.5) is 5.69 Å². The fourth-order valence-corrected chi connectivity index (χ4v) is 4.39. The molecule has 0 bridgehead atoms. The van der Waals surface area contributed by atoms with Gasteiger partial charge in [0, 0.05) is 0 Å². The number of nitrogens with two attached hydrogens (primary N) is 2. The lowest BCUT2D eigenvalue weighted by molar-refractivity contribution is 0.0600. The molecule has 0 saturated heterocycles. The first-order valence-electron chi connectivity index (χ1n) is 9.58. The molecule has 0 aliphatic rings. The fraction of sp³-hybridized carbons (Fsp3) is 0.318. The summed E-state index contributed by atoms with van der Waals surface area (Å²) >= 11 is 6.19. The molecule has 0 aliphatic carbocycles. The molecule has 8 nitrogen and oxygen atoms in total. The number of anilines is 1. The molecule has 4 N–H and O–H groups in total. The van der Waals surface area contributed by atoms with Crippen molar-refractivity contribution in [2.45, 2.75) is 38.0 Å². The second kappa shape index (κ2) is 9.40. The second-order valence-corrected chi connectivity index (χ2v) is 10.4. The van der Waals surface area contributed by atoms with Crippen LogP contribution in [0.25, 0.3) is 0 Å². The molecule has 0 spiro atoms. The molecule has 174 valence electrons. The highest BCUT2D eigenvalue weighted by Crippen LogP contribution is 2.35. The van der Waals surface area contributed by atoms with E-state index in [1.54, 1.807) is 12.1 Å². The predicted molar refractivity (Wildman–Crippen MR) is 125 cm³/mol. The number of sulfone groups is 1. The number of benzene rings is 2. The van der Waals surface area contributed by atoms with Crippen LogP contribution in [0.3, 0.4) is 0 Å². The summed E-state index contributed by atoms with van der Waals surface area (Å²) in [6, 6.07) is 9.26. The van der Waals surface area contributed by atoms with Gasteiger partial charge >= 0.3 is 5.97 Å². The van der Waals surface area contributed by atoms with E-state index >= 15 is 0 Å². The Morgan fingerprint density at radius 3 is 2.12 bits per heavy atom. The summed E-state index contributed by atoms with van der Waals surface area (Å²) in [4.78, 5) is 11.9. The van der Waals surface area contributed by atoms with Gasteiger partial charge in [-0.15, -0.1) is 0 Å². The summed E-state index contributed by atoms with van der Waals surface area (Å²) in [7, 11) is -1.43. The molecule has 0 unspecified atom stereocenters. The Morgan fingerprint density at radius 2 is 1.66 bits per heavy atom. The molecule has 2 aromatic carbocycles. The standard InChI is InChI=1S/C22H28ClN3O5S/c1-13(20(24)32(28,29)15-9-7-14(8-10-15)22(2,3)4)26(25)18-12-17(23)16(21(27)31-6)11-19(18)30-5/h7-12H,24-25H2,1-6H3/b20-13+. The Labute approximate surface area is 193 Å². The third kappa shape index (κ3) is 5.01. The number of hydrogen-bond donors (Lipinski definition) is 2. The van der Waals surface area contributed by atoms with E-state index in [9.17, 15) is 13.2 Å². The summed E-state index contributed by atoms with van der Waals surface area (Å²) in [5.41, 5.74) is 7.23. The average molecular weight is 482 g/mol. The van der Waals surface area contributed by atoms with Crippen molar-refractivity contribution in [2.24, 2.45) is 11.6 Å². The van der Waals surface area contributed by atoms with Crippen molar-refractivity contribution in [3.63, 3.8) is 0 Å². The summed E-state index contributed by atoms with van der Waals surface area (Å²) in [5.74, 6) is 5.70. The van der Waals surface area contributed by atoms with Crippen LogP contribution < -0.4 is 21.3 Å². The molecular weight excluding hydrogens is 454 g/mol. The maximum Gasteiger partial charge on any atom is 0.339 e. The first-order chi connectivity index (χ1) is 14.7. The molecule has 2 rings (SSSR count). The number of hydrogen-bond acceptors (Lipinski definition) is 8. The lowest BCUT2D eigenvalue weighted by Crippen LogP contribution is -2.33. The molecule has 0 radical (unpaired) electrons. The monoisotopic (exact) mass is 481 g/mol. The quantitative estimate of drug-likeness (QED) is 0.363. The summed E-state index contributed by atoms with van der Waals surface area (Å²) < 4.78 is 36.2. The minimum absolute atomic E-state index is 0.0433. The number of methoxy groups -OCH3 is 2. The highest BCUT2D eigenvalue weighted by Gasteiger charge is 2.26. The van der Waals surface area contributed by atoms with E-state index in [2.05, 4.69) is 0 Å². The van der Waals surface area contributed by atoms with Crippen LogP contribution in [-0.2, 0) is 20.0 Å². The van der Waals surface area contributed by atoms with Crippen LogP contribution >= 0.6 is 11.6 Å². The first-order valence-corrected chi connectivity index (χ1v) is 11.4. The number of nitrogens with zero attached hydrogens (tertiary/aromatic N) is 1. The number of carbonyl (C=O) groups excluding carboxylic acids is 1. The van der Waals surface area contributed by atoms with Gasteiger partial charge in [-0.05, 0) is 42.2 Å². The maximum atomic E-state index is 13.1. The number of esters is 1. The van der Waals surface area contributed by atoms with E-state index in [4.69, 9.17) is 32.7 Å². The second-order valence-electron chi connectivity index (χ2n) is 8.09. The minimum Gasteiger partial charge on any atom is -0.494 e. The Bertz CT molecular complexity index is 1150. The van der Waals surface area contributed by atoms with Gasteiger partial charge in [-0.25, -0.2) is 19.1 Å². The first kappa shape index (κ1) is 25.5. The van der Waals surface area contributed by atoms with Crippen molar-refractivity contribution >= 4 is 33.1 Å². The molecule has 0 amide bonds. The highest BCUT2D eigenvalue weighted by molar-refractivity contribution is 7.95. The topological polar surface area (TPSA) is 125 Å². The molecule has 10 heteroatoms. The summed E-state index contributed by atoms with van der Waals surface area (Å²) in [5, 5.41) is 0.663. The highest BCUT2D eigenvalue weighted by atomic mass is 35.5. The number of halogens is 1. The van der Waals surface area contributed by atoms with E-state index in [0.29, 0.717) is 0 Å². The Hall–Kier alpha value is -2.75. The van der Waals surface area contributed by atoms with E-state index in [-0.39, 0.29) is 38.0 Å². The van der Waals surface area contributed by atoms with Gasteiger partial charge in [0.2, 0.25) is 9.84 Å². The zero-order valence-corrected chi connectivity index (χ0v) is 20.5. The SMILES string of the molecule is COC(=O)c1cc(OC)c(N(N)/C(C)=C(\N)S(=O)(=O)c2ccc(C(C)(C)C)cc2)cc1Cl. The smallest absolute Gasteiger partial charge is 0.339 e. The van der Waals surface area contributed by atoms with Crippen LogP contribution in [0.1, 0.15) is 43.6 Å². The lowest BCUT2D eigenvalue weighted by Gasteiger charge is -2.24. The van der Waals surface area contributed by atoms with Gasteiger partial charge in [0.25, 0.3) is 0 Å². The number of ether oxygens (including phenoxy) is 2. The van der Waals surface area contributed by atoms with Crippen molar-refractivity contribution in [1.29, 1.82) is 0 Å². The van der Waals surface area contributed by atoms with Crippen LogP contribution in [0.5, 0.6) is 5.75 Å². The fourth-order valence-electron chi connectivity index (χ4n) is 2.92. The molecule has 0 aliphatic heterocycles. The number of carbonyl (C=O) groups is 1. The Kier molecular flexibility index (Phi) is 7.49. The number of hydrazine groups is 1. The predicted octanol–water partition coefficient (Wildman–Crippen LogP) is 3.73. The van der Waals surface area contributed by atoms with Crippen molar-refractivity contribution in [3.05, 3.63) is 63.3 Å². The van der Waals surface area contributed by atoms with Gasteiger partial charge in [-0.1, -0.05) is 44.5 Å². The average Bonchev–Trinajstić information content (AvgIpc) is 2.76. The van der Waals surface area contributed by atoms with E-state index in [1.807, 2.05) is 20.8 Å². The van der Waals surface area contributed by atoms with Gasteiger partial charge in [0.05, 0.1) is 35.4 Å². The zero-order valence-electron chi connectivity index (χ0n) is 18.9.